The minimum Gasteiger partial charge on any atom is -0.444 e. The molecule has 2 amide bonds. The van der Waals surface area contributed by atoms with E-state index in [0.29, 0.717) is 26.2 Å². The van der Waals surface area contributed by atoms with Gasteiger partial charge in [0.05, 0.1) is 0 Å². The molecule has 6 nitrogen and oxygen atoms in total. The molecule has 0 aliphatic heterocycles. The molecule has 0 heterocycles. The lowest BCUT2D eigenvalue weighted by Gasteiger charge is -2.23. The quantitative estimate of drug-likeness (QED) is 0.672. The molecule has 1 rings (SSSR count). The third kappa shape index (κ3) is 8.79. The number of carbonyl (C=O) groups is 2. The van der Waals surface area contributed by atoms with Crippen LogP contribution in [0.3, 0.4) is 0 Å². The molecule has 23 heavy (non-hydrogen) atoms. The van der Waals surface area contributed by atoms with Crippen molar-refractivity contribution in [1.29, 1.82) is 0 Å². The maximum absolute atomic E-state index is 12.0. The Morgan fingerprint density at radius 1 is 1.22 bits per heavy atom. The summed E-state index contributed by atoms with van der Waals surface area (Å²) in [6, 6.07) is 0.143. The first-order chi connectivity index (χ1) is 10.8. The fourth-order valence-corrected chi connectivity index (χ4v) is 2.76. The molecular formula is C17H32N2O4. The van der Waals surface area contributed by atoms with Crippen molar-refractivity contribution in [2.45, 2.75) is 71.4 Å². The van der Waals surface area contributed by atoms with Crippen molar-refractivity contribution >= 4 is 12.0 Å². The molecule has 0 aromatic heterocycles. The molecular weight excluding hydrogens is 296 g/mol. The number of alkyl carbamates (subject to hydrolysis) is 1. The average Bonchev–Trinajstić information content (AvgIpc) is 2.87. The Balaban J connectivity index is 2.28. The minimum atomic E-state index is -0.492. The van der Waals surface area contributed by atoms with Crippen LogP contribution in [0.2, 0.25) is 0 Å². The van der Waals surface area contributed by atoms with E-state index in [1.54, 1.807) is 0 Å². The molecule has 0 radical (unpaired) electrons. The van der Waals surface area contributed by atoms with Gasteiger partial charge in [0.15, 0.2) is 0 Å². The lowest BCUT2D eigenvalue weighted by atomic mass is 10.0. The van der Waals surface area contributed by atoms with Crippen molar-refractivity contribution in [3.05, 3.63) is 0 Å². The van der Waals surface area contributed by atoms with Crippen LogP contribution in [-0.4, -0.2) is 43.4 Å². The van der Waals surface area contributed by atoms with E-state index in [1.807, 2.05) is 27.7 Å². The monoisotopic (exact) mass is 328 g/mol. The summed E-state index contributed by atoms with van der Waals surface area (Å²) in [7, 11) is 0. The van der Waals surface area contributed by atoms with Crippen LogP contribution in [0.25, 0.3) is 0 Å². The molecule has 134 valence electrons. The van der Waals surface area contributed by atoms with E-state index in [9.17, 15) is 9.59 Å². The summed E-state index contributed by atoms with van der Waals surface area (Å²) in [6.07, 6.45) is 3.89. The Kier molecular flexibility index (Phi) is 8.37. The van der Waals surface area contributed by atoms with E-state index >= 15 is 0 Å². The topological polar surface area (TPSA) is 76.7 Å². The lowest BCUT2D eigenvalue weighted by molar-refractivity contribution is -0.122. The Bertz CT molecular complexity index is 379. The van der Waals surface area contributed by atoms with E-state index in [1.165, 1.54) is 0 Å². The number of amides is 2. The Hall–Kier alpha value is -1.30. The number of hydrogen-bond donors (Lipinski definition) is 2. The molecule has 6 heteroatoms. The maximum Gasteiger partial charge on any atom is 0.407 e. The standard InChI is InChI=1S/C17H32N2O4/c1-5-22-11-7-10-15(20)19-14-9-6-8-13(14)12-18-16(21)23-17(2,3)4/h13-14H,5-12H2,1-4H3,(H,18,21)(H,19,20). The molecule has 1 aliphatic rings. The number of carbonyl (C=O) groups excluding carboxylic acids is 2. The van der Waals surface area contributed by atoms with Gasteiger partial charge < -0.3 is 20.1 Å². The van der Waals surface area contributed by atoms with Crippen molar-refractivity contribution in [2.75, 3.05) is 19.8 Å². The highest BCUT2D eigenvalue weighted by Gasteiger charge is 2.29. The third-order valence-corrected chi connectivity index (χ3v) is 3.81. The van der Waals surface area contributed by atoms with Crippen molar-refractivity contribution in [1.82, 2.24) is 10.6 Å². The second-order valence-corrected chi connectivity index (χ2v) is 7.05. The summed E-state index contributed by atoms with van der Waals surface area (Å²) in [5, 5.41) is 5.90. The zero-order valence-electron chi connectivity index (χ0n) is 14.9. The first-order valence-corrected chi connectivity index (χ1v) is 8.65. The van der Waals surface area contributed by atoms with Crippen LogP contribution < -0.4 is 10.6 Å². The number of rotatable bonds is 8. The van der Waals surface area contributed by atoms with Crippen LogP contribution in [0.4, 0.5) is 4.79 Å². The SMILES string of the molecule is CCOCCCC(=O)NC1CCCC1CNC(=O)OC(C)(C)C. The highest BCUT2D eigenvalue weighted by Crippen LogP contribution is 2.25. The van der Waals surface area contributed by atoms with Crippen molar-refractivity contribution < 1.29 is 19.1 Å². The van der Waals surface area contributed by atoms with Crippen molar-refractivity contribution in [2.24, 2.45) is 5.92 Å². The normalized spacial score (nSPS) is 21.0. The van der Waals surface area contributed by atoms with Gasteiger partial charge >= 0.3 is 6.09 Å². The molecule has 0 saturated heterocycles. The van der Waals surface area contributed by atoms with Gasteiger partial charge in [-0.15, -0.1) is 0 Å². The number of nitrogens with one attached hydrogen (secondary N) is 2. The third-order valence-electron chi connectivity index (χ3n) is 3.81. The summed E-state index contributed by atoms with van der Waals surface area (Å²) in [6.45, 7) is 9.31. The molecule has 2 unspecified atom stereocenters. The van der Waals surface area contributed by atoms with Crippen molar-refractivity contribution in [3.63, 3.8) is 0 Å². The van der Waals surface area contributed by atoms with Gasteiger partial charge in [0.25, 0.3) is 0 Å². The second kappa shape index (κ2) is 9.75. The zero-order valence-corrected chi connectivity index (χ0v) is 14.9. The van der Waals surface area contributed by atoms with Gasteiger partial charge in [-0.05, 0) is 52.9 Å². The molecule has 2 atom stereocenters. The summed E-state index contributed by atoms with van der Waals surface area (Å²) >= 11 is 0. The largest absolute Gasteiger partial charge is 0.444 e. The first kappa shape index (κ1) is 19.7. The van der Waals surface area contributed by atoms with E-state index in [-0.39, 0.29) is 17.9 Å². The average molecular weight is 328 g/mol. The summed E-state index contributed by atoms with van der Waals surface area (Å²) < 4.78 is 10.5. The lowest BCUT2D eigenvalue weighted by Crippen LogP contribution is -2.43. The fraction of sp³-hybridized carbons (Fsp3) is 0.882. The van der Waals surface area contributed by atoms with E-state index < -0.39 is 11.7 Å². The van der Waals surface area contributed by atoms with Gasteiger partial charge in [-0.2, -0.15) is 0 Å². The molecule has 1 aliphatic carbocycles. The highest BCUT2D eigenvalue weighted by molar-refractivity contribution is 5.76. The Morgan fingerprint density at radius 3 is 2.61 bits per heavy atom. The first-order valence-electron chi connectivity index (χ1n) is 8.65. The highest BCUT2D eigenvalue weighted by atomic mass is 16.6. The Morgan fingerprint density at radius 2 is 1.96 bits per heavy atom. The van der Waals surface area contributed by atoms with E-state index in [4.69, 9.17) is 9.47 Å². The van der Waals surface area contributed by atoms with Gasteiger partial charge in [-0.25, -0.2) is 4.79 Å². The second-order valence-electron chi connectivity index (χ2n) is 7.05. The molecule has 2 N–H and O–H groups in total. The molecule has 0 bridgehead atoms. The molecule has 0 spiro atoms. The Labute approximate surface area is 139 Å². The van der Waals surface area contributed by atoms with Gasteiger partial charge in [0, 0.05) is 32.2 Å². The molecule has 1 saturated carbocycles. The zero-order chi connectivity index (χ0) is 17.3. The number of ether oxygens (including phenoxy) is 2. The van der Waals surface area contributed by atoms with Crippen LogP contribution in [-0.2, 0) is 14.3 Å². The van der Waals surface area contributed by atoms with E-state index in [0.717, 1.165) is 25.7 Å². The van der Waals surface area contributed by atoms with Crippen molar-refractivity contribution in [3.8, 4) is 0 Å². The van der Waals surface area contributed by atoms with Crippen LogP contribution in [0.1, 0.15) is 59.8 Å². The molecule has 0 aromatic rings. The molecule has 0 aromatic carbocycles. The van der Waals surface area contributed by atoms with E-state index in [2.05, 4.69) is 10.6 Å². The van der Waals surface area contributed by atoms with Crippen LogP contribution in [0.5, 0.6) is 0 Å². The smallest absolute Gasteiger partial charge is 0.407 e. The maximum atomic E-state index is 12.0. The van der Waals surface area contributed by atoms with Crippen LogP contribution in [0.15, 0.2) is 0 Å². The van der Waals surface area contributed by atoms with Crippen LogP contribution >= 0.6 is 0 Å². The summed E-state index contributed by atoms with van der Waals surface area (Å²) in [5.41, 5.74) is -0.492. The molecule has 1 fully saturated rings. The van der Waals surface area contributed by atoms with Gasteiger partial charge in [-0.1, -0.05) is 6.42 Å². The predicted octanol–water partition coefficient (Wildman–Crippen LogP) is 2.61. The predicted molar refractivity (Wildman–Crippen MR) is 89.2 cm³/mol. The number of hydrogen-bond acceptors (Lipinski definition) is 4. The summed E-state index contributed by atoms with van der Waals surface area (Å²) in [4.78, 5) is 23.7. The van der Waals surface area contributed by atoms with Gasteiger partial charge in [0.2, 0.25) is 5.91 Å². The van der Waals surface area contributed by atoms with Gasteiger partial charge in [0.1, 0.15) is 5.60 Å². The fourth-order valence-electron chi connectivity index (χ4n) is 2.76. The van der Waals surface area contributed by atoms with Crippen LogP contribution in [0, 0.1) is 5.92 Å². The minimum absolute atomic E-state index is 0.0684. The van der Waals surface area contributed by atoms with Gasteiger partial charge in [-0.3, -0.25) is 4.79 Å². The summed E-state index contributed by atoms with van der Waals surface area (Å²) in [5.74, 6) is 0.345.